The third kappa shape index (κ3) is 5.56. The lowest BCUT2D eigenvalue weighted by Crippen LogP contribution is -2.41. The number of nitrogens with zero attached hydrogens (tertiary/aromatic N) is 4. The van der Waals surface area contributed by atoms with Crippen molar-refractivity contribution in [2.24, 2.45) is 11.8 Å². The second kappa shape index (κ2) is 9.90. The van der Waals surface area contributed by atoms with Gasteiger partial charge in [-0.3, -0.25) is 9.78 Å². The lowest BCUT2D eigenvalue weighted by molar-refractivity contribution is -0.134. The molecule has 0 atom stereocenters. The normalized spacial score (nSPS) is 18.7. The zero-order valence-electron chi connectivity index (χ0n) is 16.9. The number of rotatable bonds is 8. The smallest absolute Gasteiger partial charge is 0.234 e. The van der Waals surface area contributed by atoms with E-state index in [1.54, 1.807) is 12.4 Å². The molecule has 0 unspecified atom stereocenters. The highest BCUT2D eigenvalue weighted by atomic mass is 16.5. The van der Waals surface area contributed by atoms with E-state index in [4.69, 9.17) is 4.74 Å². The van der Waals surface area contributed by atoms with E-state index in [1.807, 2.05) is 11.9 Å². The Morgan fingerprint density at radius 3 is 2.67 bits per heavy atom. The number of hydrogen-bond donors (Lipinski definition) is 0. The molecule has 0 bridgehead atoms. The molecular formula is C21H34N4O2. The molecule has 1 saturated carbocycles. The SMILES string of the molecule is CCCCN(C)C(=O)C1CCN(c2cncc(OCC3CCCC3)n2)CC1. The van der Waals surface area contributed by atoms with Crippen LogP contribution in [0.2, 0.25) is 0 Å². The van der Waals surface area contributed by atoms with Crippen molar-refractivity contribution in [2.75, 3.05) is 38.2 Å². The average molecular weight is 375 g/mol. The van der Waals surface area contributed by atoms with Gasteiger partial charge >= 0.3 is 0 Å². The molecule has 2 aliphatic rings. The quantitative estimate of drug-likeness (QED) is 0.697. The minimum Gasteiger partial charge on any atom is -0.476 e. The van der Waals surface area contributed by atoms with E-state index in [9.17, 15) is 4.79 Å². The Labute approximate surface area is 163 Å². The number of amides is 1. The van der Waals surface area contributed by atoms with Gasteiger partial charge in [-0.05, 0) is 38.0 Å². The van der Waals surface area contributed by atoms with Gasteiger partial charge in [0, 0.05) is 32.6 Å². The number of aromatic nitrogens is 2. The molecule has 6 nitrogen and oxygen atoms in total. The van der Waals surface area contributed by atoms with Gasteiger partial charge in [0.1, 0.15) is 0 Å². The fourth-order valence-corrected chi connectivity index (χ4v) is 4.11. The molecule has 2 heterocycles. The molecule has 0 spiro atoms. The molecule has 3 rings (SSSR count). The molecule has 1 amide bonds. The van der Waals surface area contributed by atoms with Crippen LogP contribution in [0.1, 0.15) is 58.3 Å². The Kier molecular flexibility index (Phi) is 7.30. The van der Waals surface area contributed by atoms with E-state index in [0.717, 1.165) is 57.7 Å². The van der Waals surface area contributed by atoms with E-state index >= 15 is 0 Å². The molecule has 0 radical (unpaired) electrons. The lowest BCUT2D eigenvalue weighted by atomic mass is 9.95. The standard InChI is InChI=1S/C21H34N4O2/c1-3-4-11-24(2)21(26)18-9-12-25(13-10-18)19-14-22-15-20(23-19)27-16-17-7-5-6-8-17/h14-15,17-18H,3-13,16H2,1-2H3. The number of anilines is 1. The molecule has 1 aliphatic carbocycles. The molecule has 1 aromatic heterocycles. The maximum absolute atomic E-state index is 12.6. The van der Waals surface area contributed by atoms with Gasteiger partial charge in [0.25, 0.3) is 0 Å². The maximum Gasteiger partial charge on any atom is 0.234 e. The largest absolute Gasteiger partial charge is 0.476 e. The minimum atomic E-state index is 0.137. The van der Waals surface area contributed by atoms with Crippen molar-refractivity contribution in [2.45, 2.75) is 58.3 Å². The zero-order chi connectivity index (χ0) is 19.1. The summed E-state index contributed by atoms with van der Waals surface area (Å²) in [6, 6.07) is 0. The summed E-state index contributed by atoms with van der Waals surface area (Å²) in [5.74, 6) is 2.59. The van der Waals surface area contributed by atoms with Gasteiger partial charge in [0.05, 0.1) is 19.0 Å². The van der Waals surface area contributed by atoms with Crippen molar-refractivity contribution < 1.29 is 9.53 Å². The molecule has 1 aliphatic heterocycles. The second-order valence-electron chi connectivity index (χ2n) is 8.05. The summed E-state index contributed by atoms with van der Waals surface area (Å²) in [6.07, 6.45) is 12.6. The van der Waals surface area contributed by atoms with Gasteiger partial charge in [-0.2, -0.15) is 4.98 Å². The Bertz CT molecular complexity index is 596. The maximum atomic E-state index is 12.6. The Hall–Kier alpha value is -1.85. The molecular weight excluding hydrogens is 340 g/mol. The van der Waals surface area contributed by atoms with Crippen molar-refractivity contribution in [1.29, 1.82) is 0 Å². The number of unbranched alkanes of at least 4 members (excludes halogenated alkanes) is 1. The summed E-state index contributed by atoms with van der Waals surface area (Å²) in [4.78, 5) is 25.7. The topological polar surface area (TPSA) is 58.6 Å². The Morgan fingerprint density at radius 1 is 1.22 bits per heavy atom. The number of ether oxygens (including phenoxy) is 1. The fraction of sp³-hybridized carbons (Fsp3) is 0.762. The first-order chi connectivity index (χ1) is 13.2. The van der Waals surface area contributed by atoms with Crippen molar-refractivity contribution >= 4 is 11.7 Å². The van der Waals surface area contributed by atoms with Crippen LogP contribution in [0.5, 0.6) is 5.88 Å². The fourth-order valence-electron chi connectivity index (χ4n) is 4.11. The van der Waals surface area contributed by atoms with Crippen molar-refractivity contribution in [1.82, 2.24) is 14.9 Å². The first kappa shape index (κ1) is 19.9. The summed E-state index contributed by atoms with van der Waals surface area (Å²) < 4.78 is 5.89. The molecule has 27 heavy (non-hydrogen) atoms. The molecule has 150 valence electrons. The average Bonchev–Trinajstić information content (AvgIpc) is 3.24. The highest BCUT2D eigenvalue weighted by Crippen LogP contribution is 2.26. The monoisotopic (exact) mass is 374 g/mol. The van der Waals surface area contributed by atoms with Crippen LogP contribution in [0.3, 0.4) is 0 Å². The molecule has 0 N–H and O–H groups in total. The summed E-state index contributed by atoms with van der Waals surface area (Å²) in [6.45, 7) is 5.46. The lowest BCUT2D eigenvalue weighted by Gasteiger charge is -2.33. The molecule has 0 aromatic carbocycles. The highest BCUT2D eigenvalue weighted by Gasteiger charge is 2.27. The van der Waals surface area contributed by atoms with Gasteiger partial charge in [-0.25, -0.2) is 0 Å². The van der Waals surface area contributed by atoms with Crippen LogP contribution in [-0.2, 0) is 4.79 Å². The predicted octanol–water partition coefficient (Wildman–Crippen LogP) is 3.52. The first-order valence-electron chi connectivity index (χ1n) is 10.6. The van der Waals surface area contributed by atoms with Crippen molar-refractivity contribution in [3.63, 3.8) is 0 Å². The summed E-state index contributed by atoms with van der Waals surface area (Å²) in [5.41, 5.74) is 0. The van der Waals surface area contributed by atoms with Gasteiger partial charge < -0.3 is 14.5 Å². The van der Waals surface area contributed by atoms with Crippen LogP contribution in [0.15, 0.2) is 12.4 Å². The van der Waals surface area contributed by atoms with E-state index in [1.165, 1.54) is 25.7 Å². The molecule has 2 fully saturated rings. The van der Waals surface area contributed by atoms with Crippen molar-refractivity contribution in [3.8, 4) is 5.88 Å². The molecule has 1 aromatic rings. The number of carbonyl (C=O) groups is 1. The van der Waals surface area contributed by atoms with Crippen LogP contribution in [-0.4, -0.2) is 54.1 Å². The zero-order valence-corrected chi connectivity index (χ0v) is 16.9. The number of hydrogen-bond acceptors (Lipinski definition) is 5. The van der Waals surface area contributed by atoms with Crippen LogP contribution in [0.4, 0.5) is 5.82 Å². The van der Waals surface area contributed by atoms with Crippen LogP contribution in [0.25, 0.3) is 0 Å². The summed E-state index contributed by atoms with van der Waals surface area (Å²) in [7, 11) is 1.93. The molecule has 1 saturated heterocycles. The predicted molar refractivity (Wildman–Crippen MR) is 107 cm³/mol. The van der Waals surface area contributed by atoms with Crippen molar-refractivity contribution in [3.05, 3.63) is 12.4 Å². The van der Waals surface area contributed by atoms with E-state index in [2.05, 4.69) is 21.8 Å². The highest BCUT2D eigenvalue weighted by molar-refractivity contribution is 5.78. The second-order valence-corrected chi connectivity index (χ2v) is 8.05. The molecule has 6 heteroatoms. The number of carbonyl (C=O) groups excluding carboxylic acids is 1. The van der Waals surface area contributed by atoms with Crippen LogP contribution >= 0.6 is 0 Å². The third-order valence-corrected chi connectivity index (χ3v) is 5.93. The van der Waals surface area contributed by atoms with Gasteiger partial charge in [0.2, 0.25) is 11.8 Å². The van der Waals surface area contributed by atoms with Crippen LogP contribution < -0.4 is 9.64 Å². The van der Waals surface area contributed by atoms with E-state index in [0.29, 0.717) is 17.7 Å². The summed E-state index contributed by atoms with van der Waals surface area (Å²) >= 11 is 0. The van der Waals surface area contributed by atoms with Gasteiger partial charge in [0.15, 0.2) is 5.82 Å². The van der Waals surface area contributed by atoms with Gasteiger partial charge in [-0.15, -0.1) is 0 Å². The van der Waals surface area contributed by atoms with Gasteiger partial charge in [-0.1, -0.05) is 26.2 Å². The van der Waals surface area contributed by atoms with Crippen LogP contribution in [0, 0.1) is 11.8 Å². The summed E-state index contributed by atoms with van der Waals surface area (Å²) in [5, 5.41) is 0. The van der Waals surface area contributed by atoms with E-state index in [-0.39, 0.29) is 5.92 Å². The first-order valence-corrected chi connectivity index (χ1v) is 10.6. The number of piperidine rings is 1. The van der Waals surface area contributed by atoms with E-state index < -0.39 is 0 Å². The third-order valence-electron chi connectivity index (χ3n) is 5.93. The Balaban J connectivity index is 1.48. The minimum absolute atomic E-state index is 0.137. The Morgan fingerprint density at radius 2 is 1.96 bits per heavy atom.